The first-order valence-electron chi connectivity index (χ1n) is 8.56. The highest BCUT2D eigenvalue weighted by atomic mass is 16.2. The molecular weight excluding hydrogens is 296 g/mol. The lowest BCUT2D eigenvalue weighted by molar-refractivity contribution is -0.907. The molecule has 0 bridgehead atoms. The number of hydrogen-bond donors (Lipinski definition) is 0. The Hall–Kier alpha value is -2.39. The van der Waals surface area contributed by atoms with Gasteiger partial charge in [0.25, 0.3) is 5.91 Å². The third-order valence-electron chi connectivity index (χ3n) is 4.78. The van der Waals surface area contributed by atoms with E-state index in [9.17, 15) is 4.79 Å². The summed E-state index contributed by atoms with van der Waals surface area (Å²) >= 11 is 0. The zero-order valence-corrected chi connectivity index (χ0v) is 14.3. The van der Waals surface area contributed by atoms with Gasteiger partial charge in [-0.05, 0) is 23.8 Å². The van der Waals surface area contributed by atoms with Gasteiger partial charge in [0.15, 0.2) is 0 Å². The Balaban J connectivity index is 1.54. The predicted octanol–water partition coefficient (Wildman–Crippen LogP) is 3.30. The van der Waals surface area contributed by atoms with Crippen molar-refractivity contribution < 1.29 is 9.28 Å². The molecule has 124 valence electrons. The van der Waals surface area contributed by atoms with E-state index >= 15 is 0 Å². The van der Waals surface area contributed by atoms with Gasteiger partial charge in [-0.15, -0.1) is 0 Å². The van der Waals surface area contributed by atoms with Gasteiger partial charge < -0.3 is 9.38 Å². The molecule has 0 unspecified atom stereocenters. The molecule has 2 aromatic carbocycles. The first kappa shape index (κ1) is 16.5. The van der Waals surface area contributed by atoms with E-state index in [1.807, 2.05) is 41.3 Å². The van der Waals surface area contributed by atoms with Crippen LogP contribution in [-0.2, 0) is 0 Å². The summed E-state index contributed by atoms with van der Waals surface area (Å²) in [4.78, 5) is 14.5. The maximum atomic E-state index is 12.5. The number of quaternary nitrogens is 1. The monoisotopic (exact) mass is 321 g/mol. The Kier molecular flexibility index (Phi) is 5.11. The van der Waals surface area contributed by atoms with Gasteiger partial charge in [0, 0.05) is 5.56 Å². The number of hydrogen-bond acceptors (Lipinski definition) is 1. The average Bonchev–Trinajstić information content (AvgIpc) is 2.63. The van der Waals surface area contributed by atoms with Crippen molar-refractivity contribution in [1.29, 1.82) is 0 Å². The van der Waals surface area contributed by atoms with Crippen LogP contribution in [0.3, 0.4) is 0 Å². The molecule has 0 saturated carbocycles. The Bertz CT molecular complexity index is 686. The molecule has 3 nitrogen and oxygen atoms in total. The van der Waals surface area contributed by atoms with Crippen molar-refractivity contribution >= 4 is 12.0 Å². The standard InChI is InChI=1S/C21H25N2O/c1-23(16-8-11-19-9-4-2-5-10-19)17-14-22(15-18-23)21(24)20-12-6-3-7-13-20/h2-13H,14-18H2,1H3/q+1. The molecule has 0 aromatic heterocycles. The molecule has 0 spiro atoms. The molecule has 1 fully saturated rings. The van der Waals surface area contributed by atoms with Crippen molar-refractivity contribution in [3.05, 3.63) is 77.9 Å². The van der Waals surface area contributed by atoms with E-state index in [0.717, 1.165) is 42.8 Å². The lowest BCUT2D eigenvalue weighted by atomic mass is 10.1. The van der Waals surface area contributed by atoms with Crippen molar-refractivity contribution in [2.24, 2.45) is 0 Å². The predicted molar refractivity (Wildman–Crippen MR) is 98.6 cm³/mol. The summed E-state index contributed by atoms with van der Waals surface area (Å²) in [5.41, 5.74) is 2.03. The Morgan fingerprint density at radius 2 is 1.58 bits per heavy atom. The van der Waals surface area contributed by atoms with E-state index in [1.165, 1.54) is 5.56 Å². The molecule has 3 heteroatoms. The molecule has 1 amide bonds. The van der Waals surface area contributed by atoms with Crippen LogP contribution in [0.5, 0.6) is 0 Å². The first-order valence-corrected chi connectivity index (χ1v) is 8.56. The molecule has 0 N–H and O–H groups in total. The Labute approximate surface area is 144 Å². The molecule has 3 rings (SSSR count). The summed E-state index contributed by atoms with van der Waals surface area (Å²) in [6.07, 6.45) is 4.44. The van der Waals surface area contributed by atoms with Crippen LogP contribution in [0.1, 0.15) is 15.9 Å². The molecule has 0 aliphatic carbocycles. The number of benzene rings is 2. The van der Waals surface area contributed by atoms with E-state index in [4.69, 9.17) is 0 Å². The summed E-state index contributed by atoms with van der Waals surface area (Å²) in [5.74, 6) is 0.154. The minimum absolute atomic E-state index is 0.154. The molecule has 1 saturated heterocycles. The van der Waals surface area contributed by atoms with Gasteiger partial charge in [-0.2, -0.15) is 0 Å². The number of carbonyl (C=O) groups is 1. The molecule has 1 aliphatic rings. The van der Waals surface area contributed by atoms with Gasteiger partial charge in [0.05, 0.1) is 39.8 Å². The molecule has 2 aromatic rings. The summed E-state index contributed by atoms with van der Waals surface area (Å²) in [6, 6.07) is 20.0. The van der Waals surface area contributed by atoms with Crippen molar-refractivity contribution in [2.75, 3.05) is 39.8 Å². The zero-order valence-electron chi connectivity index (χ0n) is 14.3. The number of amides is 1. The van der Waals surface area contributed by atoms with Gasteiger partial charge in [-0.3, -0.25) is 4.79 Å². The van der Waals surface area contributed by atoms with Gasteiger partial charge in [-0.25, -0.2) is 0 Å². The third kappa shape index (κ3) is 4.12. The first-order chi connectivity index (χ1) is 11.7. The molecule has 1 aliphatic heterocycles. The average molecular weight is 321 g/mol. The van der Waals surface area contributed by atoms with Gasteiger partial charge in [0.2, 0.25) is 0 Å². The second kappa shape index (κ2) is 7.45. The smallest absolute Gasteiger partial charge is 0.254 e. The maximum absolute atomic E-state index is 12.5. The normalized spacial score (nSPS) is 17.1. The van der Waals surface area contributed by atoms with Gasteiger partial charge >= 0.3 is 0 Å². The summed E-state index contributed by atoms with van der Waals surface area (Å²) in [6.45, 7) is 4.64. The van der Waals surface area contributed by atoms with Crippen LogP contribution in [0.25, 0.3) is 6.08 Å². The van der Waals surface area contributed by atoms with E-state index in [0.29, 0.717) is 0 Å². The Morgan fingerprint density at radius 3 is 2.21 bits per heavy atom. The lowest BCUT2D eigenvalue weighted by Crippen LogP contribution is -2.58. The van der Waals surface area contributed by atoms with Crippen molar-refractivity contribution in [3.8, 4) is 0 Å². The molecular formula is C21H25N2O+. The number of carbonyl (C=O) groups excluding carboxylic acids is 1. The second-order valence-electron chi connectivity index (χ2n) is 6.72. The topological polar surface area (TPSA) is 20.3 Å². The van der Waals surface area contributed by atoms with Crippen LogP contribution in [-0.4, -0.2) is 55.1 Å². The van der Waals surface area contributed by atoms with Crippen LogP contribution in [0.15, 0.2) is 66.7 Å². The third-order valence-corrected chi connectivity index (χ3v) is 4.78. The summed E-state index contributed by atoms with van der Waals surface area (Å²) in [7, 11) is 2.28. The quantitative estimate of drug-likeness (QED) is 0.791. The van der Waals surface area contributed by atoms with Crippen LogP contribution < -0.4 is 0 Å². The lowest BCUT2D eigenvalue weighted by Gasteiger charge is -2.41. The van der Waals surface area contributed by atoms with E-state index in [1.54, 1.807) is 0 Å². The van der Waals surface area contributed by atoms with Crippen LogP contribution in [0.2, 0.25) is 0 Å². The van der Waals surface area contributed by atoms with Crippen LogP contribution >= 0.6 is 0 Å². The van der Waals surface area contributed by atoms with Crippen molar-refractivity contribution in [1.82, 2.24) is 4.90 Å². The van der Waals surface area contributed by atoms with E-state index < -0.39 is 0 Å². The highest BCUT2D eigenvalue weighted by molar-refractivity contribution is 5.94. The largest absolute Gasteiger partial charge is 0.327 e. The minimum Gasteiger partial charge on any atom is -0.327 e. The number of nitrogens with zero attached hydrogens (tertiary/aromatic N) is 2. The van der Waals surface area contributed by atoms with Gasteiger partial charge in [0.1, 0.15) is 0 Å². The van der Waals surface area contributed by atoms with E-state index in [2.05, 4.69) is 43.5 Å². The fraction of sp³-hybridized carbons (Fsp3) is 0.286. The van der Waals surface area contributed by atoms with Crippen molar-refractivity contribution in [3.63, 3.8) is 0 Å². The Morgan fingerprint density at radius 1 is 1.00 bits per heavy atom. The van der Waals surface area contributed by atoms with Crippen LogP contribution in [0, 0.1) is 0 Å². The second-order valence-corrected chi connectivity index (χ2v) is 6.72. The van der Waals surface area contributed by atoms with E-state index in [-0.39, 0.29) is 5.91 Å². The van der Waals surface area contributed by atoms with Crippen LogP contribution in [0.4, 0.5) is 0 Å². The zero-order chi connectivity index (χ0) is 16.8. The molecule has 0 atom stereocenters. The molecule has 24 heavy (non-hydrogen) atoms. The fourth-order valence-corrected chi connectivity index (χ4v) is 3.10. The van der Waals surface area contributed by atoms with Gasteiger partial charge in [-0.1, -0.05) is 54.6 Å². The van der Waals surface area contributed by atoms with Crippen molar-refractivity contribution in [2.45, 2.75) is 0 Å². The highest BCUT2D eigenvalue weighted by Crippen LogP contribution is 2.14. The summed E-state index contributed by atoms with van der Waals surface area (Å²) in [5, 5.41) is 0. The molecule has 0 radical (unpaired) electrons. The highest BCUT2D eigenvalue weighted by Gasteiger charge is 2.30. The maximum Gasteiger partial charge on any atom is 0.254 e. The molecule has 1 heterocycles. The minimum atomic E-state index is 0.154. The number of rotatable bonds is 4. The summed E-state index contributed by atoms with van der Waals surface area (Å²) < 4.78 is 0.988. The SMILES string of the molecule is C[N+]1(CC=Cc2ccccc2)CCN(C(=O)c2ccccc2)CC1. The number of piperazine rings is 1. The fourth-order valence-electron chi connectivity index (χ4n) is 3.10. The number of likely N-dealkylation sites (N-methyl/N-ethyl adjacent to an activating group) is 1.